The second kappa shape index (κ2) is 5.54. The molecule has 0 fully saturated rings. The van der Waals surface area contributed by atoms with Gasteiger partial charge in [-0.15, -0.1) is 0 Å². The number of benzene rings is 1. The maximum Gasteiger partial charge on any atom is 0.257 e. The number of furan rings is 1. The van der Waals surface area contributed by atoms with E-state index in [4.69, 9.17) is 4.42 Å². The second-order valence-corrected chi connectivity index (χ2v) is 4.01. The lowest BCUT2D eigenvalue weighted by Gasteiger charge is -2.18. The van der Waals surface area contributed by atoms with E-state index in [9.17, 15) is 4.79 Å². The number of nitrogens with zero attached hydrogens (tertiary/aromatic N) is 1. The van der Waals surface area contributed by atoms with Gasteiger partial charge in [-0.1, -0.05) is 30.3 Å². The van der Waals surface area contributed by atoms with Crippen LogP contribution in [-0.2, 0) is 0 Å². The predicted octanol–water partition coefficient (Wildman–Crippen LogP) is 3.43. The van der Waals surface area contributed by atoms with Crippen molar-refractivity contribution in [3.8, 4) is 11.3 Å². The highest BCUT2D eigenvalue weighted by Crippen LogP contribution is 2.25. The molecule has 0 aliphatic rings. The van der Waals surface area contributed by atoms with Crippen LogP contribution in [0.15, 0.2) is 47.1 Å². The van der Waals surface area contributed by atoms with Gasteiger partial charge in [0.05, 0.1) is 11.8 Å². The van der Waals surface area contributed by atoms with Crippen molar-refractivity contribution in [2.75, 3.05) is 13.1 Å². The summed E-state index contributed by atoms with van der Waals surface area (Å²) >= 11 is 0. The first-order valence-electron chi connectivity index (χ1n) is 6.20. The van der Waals surface area contributed by atoms with Crippen LogP contribution in [0.5, 0.6) is 0 Å². The highest BCUT2D eigenvalue weighted by molar-refractivity contribution is 5.99. The lowest BCUT2D eigenvalue weighted by molar-refractivity contribution is 0.0773. The van der Waals surface area contributed by atoms with E-state index in [1.54, 1.807) is 17.2 Å². The molecule has 0 atom stereocenters. The zero-order valence-corrected chi connectivity index (χ0v) is 10.7. The van der Waals surface area contributed by atoms with Crippen LogP contribution < -0.4 is 0 Å². The summed E-state index contributed by atoms with van der Waals surface area (Å²) < 4.78 is 5.46. The van der Waals surface area contributed by atoms with Crippen molar-refractivity contribution in [1.82, 2.24) is 4.90 Å². The van der Waals surface area contributed by atoms with Gasteiger partial charge in [0.2, 0.25) is 0 Å². The molecule has 0 bridgehead atoms. The van der Waals surface area contributed by atoms with Crippen LogP contribution in [0.4, 0.5) is 0 Å². The van der Waals surface area contributed by atoms with Gasteiger partial charge in [-0.05, 0) is 19.9 Å². The predicted molar refractivity (Wildman–Crippen MR) is 71.4 cm³/mol. The van der Waals surface area contributed by atoms with Gasteiger partial charge in [-0.3, -0.25) is 4.79 Å². The molecule has 3 nitrogen and oxygen atoms in total. The van der Waals surface area contributed by atoms with Gasteiger partial charge in [-0.25, -0.2) is 0 Å². The monoisotopic (exact) mass is 243 g/mol. The highest BCUT2D eigenvalue weighted by atomic mass is 16.3. The van der Waals surface area contributed by atoms with E-state index >= 15 is 0 Å². The summed E-state index contributed by atoms with van der Waals surface area (Å²) in [5.74, 6) is 0.667. The zero-order chi connectivity index (χ0) is 13.0. The van der Waals surface area contributed by atoms with Crippen LogP contribution in [0.2, 0.25) is 0 Å². The number of carbonyl (C=O) groups excluding carboxylic acids is 1. The molecule has 1 aromatic heterocycles. The second-order valence-electron chi connectivity index (χ2n) is 4.01. The number of amides is 1. The summed E-state index contributed by atoms with van der Waals surface area (Å²) in [6, 6.07) is 11.4. The van der Waals surface area contributed by atoms with E-state index in [-0.39, 0.29) is 5.91 Å². The first-order chi connectivity index (χ1) is 8.77. The standard InChI is InChI=1S/C15H17NO2/c1-3-16(4-2)15(17)13-10-11-18-14(13)12-8-6-5-7-9-12/h5-11H,3-4H2,1-2H3. The van der Waals surface area contributed by atoms with E-state index < -0.39 is 0 Å². The van der Waals surface area contributed by atoms with E-state index in [1.807, 2.05) is 44.2 Å². The fourth-order valence-corrected chi connectivity index (χ4v) is 1.97. The van der Waals surface area contributed by atoms with Gasteiger partial charge >= 0.3 is 0 Å². The van der Waals surface area contributed by atoms with Crippen molar-refractivity contribution in [3.05, 3.63) is 48.2 Å². The minimum Gasteiger partial charge on any atom is -0.464 e. The van der Waals surface area contributed by atoms with Crippen molar-refractivity contribution in [1.29, 1.82) is 0 Å². The van der Waals surface area contributed by atoms with Crippen LogP contribution in [0.25, 0.3) is 11.3 Å². The number of hydrogen-bond donors (Lipinski definition) is 0. The summed E-state index contributed by atoms with van der Waals surface area (Å²) in [7, 11) is 0. The first-order valence-corrected chi connectivity index (χ1v) is 6.20. The molecule has 0 radical (unpaired) electrons. The van der Waals surface area contributed by atoms with Crippen molar-refractivity contribution in [2.24, 2.45) is 0 Å². The van der Waals surface area contributed by atoms with Gasteiger partial charge in [0.1, 0.15) is 5.76 Å². The van der Waals surface area contributed by atoms with Gasteiger partial charge in [-0.2, -0.15) is 0 Å². The molecule has 94 valence electrons. The van der Waals surface area contributed by atoms with E-state index in [1.165, 1.54) is 0 Å². The van der Waals surface area contributed by atoms with Crippen LogP contribution in [0.1, 0.15) is 24.2 Å². The molecule has 1 heterocycles. The Balaban J connectivity index is 2.37. The Bertz CT molecular complexity index is 512. The molecule has 0 N–H and O–H groups in total. The first kappa shape index (κ1) is 12.4. The molecule has 0 saturated carbocycles. The Kier molecular flexibility index (Phi) is 3.82. The molecule has 3 heteroatoms. The number of carbonyl (C=O) groups is 1. The van der Waals surface area contributed by atoms with Crippen LogP contribution in [0, 0.1) is 0 Å². The lowest BCUT2D eigenvalue weighted by Crippen LogP contribution is -2.30. The number of rotatable bonds is 4. The third-order valence-electron chi connectivity index (χ3n) is 2.98. The molecular weight excluding hydrogens is 226 g/mol. The summed E-state index contributed by atoms with van der Waals surface area (Å²) in [5, 5.41) is 0. The highest BCUT2D eigenvalue weighted by Gasteiger charge is 2.19. The maximum atomic E-state index is 12.3. The largest absolute Gasteiger partial charge is 0.464 e. The summed E-state index contributed by atoms with van der Waals surface area (Å²) in [6.45, 7) is 5.36. The molecule has 2 rings (SSSR count). The van der Waals surface area contributed by atoms with Crippen molar-refractivity contribution in [3.63, 3.8) is 0 Å². The average molecular weight is 243 g/mol. The number of hydrogen-bond acceptors (Lipinski definition) is 2. The van der Waals surface area contributed by atoms with Crippen LogP contribution in [-0.4, -0.2) is 23.9 Å². The molecule has 1 aromatic carbocycles. The Hall–Kier alpha value is -2.03. The van der Waals surface area contributed by atoms with Crippen molar-refractivity contribution < 1.29 is 9.21 Å². The lowest BCUT2D eigenvalue weighted by atomic mass is 10.1. The molecule has 0 spiro atoms. The van der Waals surface area contributed by atoms with Crippen molar-refractivity contribution in [2.45, 2.75) is 13.8 Å². The molecule has 0 unspecified atom stereocenters. The van der Waals surface area contributed by atoms with Gasteiger partial charge in [0, 0.05) is 18.7 Å². The fraction of sp³-hybridized carbons (Fsp3) is 0.267. The maximum absolute atomic E-state index is 12.3. The Morgan fingerprint density at radius 2 is 1.78 bits per heavy atom. The fourth-order valence-electron chi connectivity index (χ4n) is 1.97. The van der Waals surface area contributed by atoms with E-state index in [0.717, 1.165) is 5.56 Å². The zero-order valence-electron chi connectivity index (χ0n) is 10.7. The Morgan fingerprint density at radius 1 is 1.11 bits per heavy atom. The third-order valence-corrected chi connectivity index (χ3v) is 2.98. The molecule has 2 aromatic rings. The SMILES string of the molecule is CCN(CC)C(=O)c1ccoc1-c1ccccc1. The molecular formula is C15H17NO2. The quantitative estimate of drug-likeness (QED) is 0.824. The molecule has 0 aliphatic carbocycles. The minimum absolute atomic E-state index is 0.0209. The minimum atomic E-state index is 0.0209. The summed E-state index contributed by atoms with van der Waals surface area (Å²) in [6.07, 6.45) is 1.57. The van der Waals surface area contributed by atoms with E-state index in [0.29, 0.717) is 24.4 Å². The van der Waals surface area contributed by atoms with Gasteiger partial charge < -0.3 is 9.32 Å². The molecule has 0 aliphatic heterocycles. The smallest absolute Gasteiger partial charge is 0.257 e. The average Bonchev–Trinajstić information content (AvgIpc) is 2.90. The van der Waals surface area contributed by atoms with Gasteiger partial charge in [0.25, 0.3) is 5.91 Å². The summed E-state index contributed by atoms with van der Waals surface area (Å²) in [5.41, 5.74) is 1.56. The van der Waals surface area contributed by atoms with Crippen LogP contribution >= 0.6 is 0 Å². The van der Waals surface area contributed by atoms with E-state index in [2.05, 4.69) is 0 Å². The van der Waals surface area contributed by atoms with Gasteiger partial charge in [0.15, 0.2) is 0 Å². The van der Waals surface area contributed by atoms with Crippen molar-refractivity contribution >= 4 is 5.91 Å². The third kappa shape index (κ3) is 2.30. The Morgan fingerprint density at radius 3 is 2.39 bits per heavy atom. The molecule has 18 heavy (non-hydrogen) atoms. The topological polar surface area (TPSA) is 33.5 Å². The summed E-state index contributed by atoms with van der Waals surface area (Å²) in [4.78, 5) is 14.1. The molecule has 1 amide bonds. The molecule has 0 saturated heterocycles. The normalized spacial score (nSPS) is 10.3. The Labute approximate surface area is 107 Å². The van der Waals surface area contributed by atoms with Crippen LogP contribution in [0.3, 0.4) is 0 Å².